The van der Waals surface area contributed by atoms with Crippen LogP contribution in [0.25, 0.3) is 5.70 Å². The molecule has 0 fully saturated rings. The van der Waals surface area contributed by atoms with Gasteiger partial charge in [-0.3, -0.25) is 0 Å². The topological polar surface area (TPSA) is 41.1 Å². The van der Waals surface area contributed by atoms with Crippen molar-refractivity contribution in [1.29, 1.82) is 0 Å². The molecular weight excluding hydrogens is 188 g/mol. The quantitative estimate of drug-likeness (QED) is 0.669. The SMILES string of the molecule is C=C1NC(=O)Nc2ccc(C)cc21.CC. The molecule has 0 saturated heterocycles. The van der Waals surface area contributed by atoms with E-state index in [2.05, 4.69) is 17.2 Å². The number of carbonyl (C=O) groups excluding carboxylic acids is 1. The van der Waals surface area contributed by atoms with E-state index in [1.807, 2.05) is 39.0 Å². The third kappa shape index (κ3) is 2.37. The van der Waals surface area contributed by atoms with E-state index in [9.17, 15) is 4.79 Å². The number of fused-ring (bicyclic) bond motifs is 1. The molecule has 3 nitrogen and oxygen atoms in total. The zero-order valence-corrected chi connectivity index (χ0v) is 9.35. The van der Waals surface area contributed by atoms with Crippen molar-refractivity contribution in [3.05, 3.63) is 35.9 Å². The van der Waals surface area contributed by atoms with Crippen LogP contribution >= 0.6 is 0 Å². The van der Waals surface area contributed by atoms with E-state index in [4.69, 9.17) is 0 Å². The summed E-state index contributed by atoms with van der Waals surface area (Å²) in [6.07, 6.45) is 0. The van der Waals surface area contributed by atoms with Crippen molar-refractivity contribution >= 4 is 17.4 Å². The third-order valence-electron chi connectivity index (χ3n) is 2.01. The van der Waals surface area contributed by atoms with E-state index < -0.39 is 0 Å². The van der Waals surface area contributed by atoms with E-state index in [0.29, 0.717) is 5.70 Å². The van der Waals surface area contributed by atoms with E-state index in [-0.39, 0.29) is 6.03 Å². The fourth-order valence-corrected chi connectivity index (χ4v) is 1.37. The smallest absolute Gasteiger partial charge is 0.308 e. The predicted octanol–water partition coefficient (Wildman–Crippen LogP) is 3.13. The first-order chi connectivity index (χ1) is 7.16. The van der Waals surface area contributed by atoms with Gasteiger partial charge in [0.2, 0.25) is 0 Å². The normalized spacial score (nSPS) is 13.0. The van der Waals surface area contributed by atoms with Gasteiger partial charge in [-0.2, -0.15) is 0 Å². The number of aryl methyl sites for hydroxylation is 1. The number of urea groups is 1. The van der Waals surface area contributed by atoms with Crippen molar-refractivity contribution < 1.29 is 4.79 Å². The summed E-state index contributed by atoms with van der Waals surface area (Å²) in [5.74, 6) is 0. The van der Waals surface area contributed by atoms with Crippen molar-refractivity contribution in [3.63, 3.8) is 0 Å². The molecule has 0 radical (unpaired) electrons. The number of hydrogen-bond donors (Lipinski definition) is 2. The third-order valence-corrected chi connectivity index (χ3v) is 2.01. The number of benzene rings is 1. The van der Waals surface area contributed by atoms with Gasteiger partial charge >= 0.3 is 6.03 Å². The van der Waals surface area contributed by atoms with Crippen molar-refractivity contribution in [3.8, 4) is 0 Å². The molecule has 0 spiro atoms. The molecule has 1 aliphatic rings. The Kier molecular flexibility index (Phi) is 3.50. The summed E-state index contributed by atoms with van der Waals surface area (Å²) in [6.45, 7) is 9.78. The molecular formula is C12H16N2O. The summed E-state index contributed by atoms with van der Waals surface area (Å²) >= 11 is 0. The van der Waals surface area contributed by atoms with Gasteiger partial charge in [0.15, 0.2) is 0 Å². The maximum absolute atomic E-state index is 11.0. The minimum atomic E-state index is -0.221. The molecule has 2 amide bonds. The molecule has 1 heterocycles. The molecule has 2 rings (SSSR count). The first-order valence-corrected chi connectivity index (χ1v) is 5.05. The first-order valence-electron chi connectivity index (χ1n) is 5.05. The lowest BCUT2D eigenvalue weighted by Gasteiger charge is -2.20. The van der Waals surface area contributed by atoms with E-state index >= 15 is 0 Å². The fraction of sp³-hybridized carbons (Fsp3) is 0.250. The molecule has 1 aromatic carbocycles. The molecule has 0 aromatic heterocycles. The van der Waals surface area contributed by atoms with Crippen LogP contribution in [0, 0.1) is 6.92 Å². The van der Waals surface area contributed by atoms with Crippen LogP contribution in [0.15, 0.2) is 24.8 Å². The molecule has 0 unspecified atom stereocenters. The molecule has 80 valence electrons. The Morgan fingerprint density at radius 3 is 2.53 bits per heavy atom. The zero-order chi connectivity index (χ0) is 11.4. The van der Waals surface area contributed by atoms with Gasteiger partial charge in [0.1, 0.15) is 0 Å². The van der Waals surface area contributed by atoms with Crippen LogP contribution < -0.4 is 10.6 Å². The van der Waals surface area contributed by atoms with Crippen LogP contribution in [0.5, 0.6) is 0 Å². The number of carbonyl (C=O) groups is 1. The highest BCUT2D eigenvalue weighted by Crippen LogP contribution is 2.25. The van der Waals surface area contributed by atoms with E-state index in [1.54, 1.807) is 0 Å². The minimum absolute atomic E-state index is 0.221. The molecule has 1 aliphatic heterocycles. The monoisotopic (exact) mass is 204 g/mol. The lowest BCUT2D eigenvalue weighted by Crippen LogP contribution is -2.31. The van der Waals surface area contributed by atoms with E-state index in [1.165, 1.54) is 0 Å². The Bertz CT molecular complexity index is 397. The number of anilines is 1. The Hall–Kier alpha value is -1.77. The van der Waals surface area contributed by atoms with Crippen LogP contribution in [0.2, 0.25) is 0 Å². The summed E-state index contributed by atoms with van der Waals surface area (Å²) in [7, 11) is 0. The number of rotatable bonds is 0. The van der Waals surface area contributed by atoms with Crippen LogP contribution in [0.3, 0.4) is 0 Å². The summed E-state index contributed by atoms with van der Waals surface area (Å²) in [5.41, 5.74) is 3.58. The van der Waals surface area contributed by atoms with Crippen LogP contribution in [0.1, 0.15) is 25.0 Å². The van der Waals surface area contributed by atoms with Gasteiger partial charge < -0.3 is 10.6 Å². The van der Waals surface area contributed by atoms with Crippen molar-refractivity contribution in [2.45, 2.75) is 20.8 Å². The number of hydrogen-bond acceptors (Lipinski definition) is 1. The van der Waals surface area contributed by atoms with Crippen LogP contribution in [-0.4, -0.2) is 6.03 Å². The average Bonchev–Trinajstić information content (AvgIpc) is 2.22. The summed E-state index contributed by atoms with van der Waals surface area (Å²) in [4.78, 5) is 11.0. The highest BCUT2D eigenvalue weighted by molar-refractivity contribution is 6.02. The largest absolute Gasteiger partial charge is 0.323 e. The van der Waals surface area contributed by atoms with Gasteiger partial charge in [0.25, 0.3) is 0 Å². The standard InChI is InChI=1S/C10H10N2O.C2H6/c1-6-3-4-9-8(5-6)7(2)11-10(13)12-9;1-2/h3-5H,2H2,1H3,(H2,11,12,13);1-2H3. The lowest BCUT2D eigenvalue weighted by atomic mass is 10.1. The second-order valence-corrected chi connectivity index (χ2v) is 3.11. The molecule has 1 aromatic rings. The zero-order valence-electron chi connectivity index (χ0n) is 9.35. The first kappa shape index (κ1) is 11.3. The highest BCUT2D eigenvalue weighted by atomic mass is 16.2. The van der Waals surface area contributed by atoms with Gasteiger partial charge in [-0.1, -0.05) is 32.1 Å². The predicted molar refractivity (Wildman–Crippen MR) is 63.7 cm³/mol. The van der Waals surface area contributed by atoms with Crippen molar-refractivity contribution in [2.24, 2.45) is 0 Å². The second-order valence-electron chi connectivity index (χ2n) is 3.11. The van der Waals surface area contributed by atoms with Gasteiger partial charge in [-0.15, -0.1) is 0 Å². The van der Waals surface area contributed by atoms with Gasteiger partial charge in [0, 0.05) is 11.3 Å². The lowest BCUT2D eigenvalue weighted by molar-refractivity contribution is 0.255. The molecule has 2 N–H and O–H groups in total. The van der Waals surface area contributed by atoms with Gasteiger partial charge in [-0.05, 0) is 19.1 Å². The molecule has 0 atom stereocenters. The molecule has 0 aliphatic carbocycles. The maximum Gasteiger partial charge on any atom is 0.323 e. The van der Waals surface area contributed by atoms with Crippen LogP contribution in [0.4, 0.5) is 10.5 Å². The second kappa shape index (κ2) is 4.64. The Balaban J connectivity index is 0.000000531. The van der Waals surface area contributed by atoms with Gasteiger partial charge in [0.05, 0.1) is 5.69 Å². The highest BCUT2D eigenvalue weighted by Gasteiger charge is 2.16. The number of nitrogens with one attached hydrogen (secondary N) is 2. The summed E-state index contributed by atoms with van der Waals surface area (Å²) in [5, 5.41) is 5.32. The number of amides is 2. The minimum Gasteiger partial charge on any atom is -0.308 e. The van der Waals surface area contributed by atoms with Crippen molar-refractivity contribution in [2.75, 3.05) is 5.32 Å². The Morgan fingerprint density at radius 1 is 1.20 bits per heavy atom. The Labute approximate surface area is 90.2 Å². The Morgan fingerprint density at radius 2 is 1.87 bits per heavy atom. The maximum atomic E-state index is 11.0. The fourth-order valence-electron chi connectivity index (χ4n) is 1.37. The van der Waals surface area contributed by atoms with Crippen LogP contribution in [-0.2, 0) is 0 Å². The molecule has 0 bridgehead atoms. The van der Waals surface area contributed by atoms with E-state index in [0.717, 1.165) is 16.8 Å². The molecule has 15 heavy (non-hydrogen) atoms. The summed E-state index contributed by atoms with van der Waals surface area (Å²) < 4.78 is 0. The van der Waals surface area contributed by atoms with Gasteiger partial charge in [-0.25, -0.2) is 4.79 Å². The molecule has 3 heteroatoms. The van der Waals surface area contributed by atoms with Crippen molar-refractivity contribution in [1.82, 2.24) is 5.32 Å². The average molecular weight is 204 g/mol. The summed E-state index contributed by atoms with van der Waals surface area (Å²) in [6, 6.07) is 5.61. The molecule has 0 saturated carbocycles.